The van der Waals surface area contributed by atoms with Gasteiger partial charge in [0.25, 0.3) is 0 Å². The zero-order valence-electron chi connectivity index (χ0n) is 7.38. The Kier molecular flexibility index (Phi) is 1.45. The van der Waals surface area contributed by atoms with Gasteiger partial charge in [0.2, 0.25) is 0 Å². The normalized spacial score (nSPS) is 11.2. The van der Waals surface area contributed by atoms with Gasteiger partial charge in [-0.2, -0.15) is 0 Å². The van der Waals surface area contributed by atoms with Gasteiger partial charge in [0.15, 0.2) is 5.88 Å². The van der Waals surface area contributed by atoms with Crippen LogP contribution in [0, 0.1) is 20.8 Å². The minimum Gasteiger partial charge on any atom is -0.494 e. The predicted octanol–water partition coefficient (Wildman–Crippen LogP) is 2.63. The summed E-state index contributed by atoms with van der Waals surface area (Å²) in [5.41, 5.74) is 2.09. The number of hydrogen-bond acceptors (Lipinski definition) is 2. The molecule has 2 aromatic heterocycles. The molecule has 0 saturated carbocycles. The molecule has 0 fully saturated rings. The lowest BCUT2D eigenvalue weighted by atomic mass is 10.4. The number of aromatic nitrogens is 1. The lowest BCUT2D eigenvalue weighted by Gasteiger charge is -1.95. The molecule has 0 bridgehead atoms. The fourth-order valence-electron chi connectivity index (χ4n) is 1.38. The van der Waals surface area contributed by atoms with Crippen molar-refractivity contribution in [1.29, 1.82) is 0 Å². The first-order chi connectivity index (χ1) is 5.61. The van der Waals surface area contributed by atoms with Crippen molar-refractivity contribution >= 4 is 16.2 Å². The third-order valence-electron chi connectivity index (χ3n) is 2.23. The van der Waals surface area contributed by atoms with Crippen molar-refractivity contribution in [3.8, 4) is 5.88 Å². The molecule has 2 heterocycles. The van der Waals surface area contributed by atoms with Crippen LogP contribution in [0.3, 0.4) is 0 Å². The van der Waals surface area contributed by atoms with Crippen molar-refractivity contribution in [2.24, 2.45) is 0 Å². The molecular formula is C9H11NOS. The van der Waals surface area contributed by atoms with Crippen molar-refractivity contribution in [1.82, 2.24) is 4.40 Å². The number of thiazole rings is 1. The van der Waals surface area contributed by atoms with E-state index in [9.17, 15) is 5.11 Å². The maximum absolute atomic E-state index is 9.66. The molecule has 0 aromatic carbocycles. The summed E-state index contributed by atoms with van der Waals surface area (Å²) in [4.78, 5) is 2.39. The summed E-state index contributed by atoms with van der Waals surface area (Å²) in [5.74, 6) is 0.381. The Morgan fingerprint density at radius 3 is 2.58 bits per heavy atom. The van der Waals surface area contributed by atoms with Crippen LogP contribution in [0.15, 0.2) is 6.07 Å². The van der Waals surface area contributed by atoms with Crippen molar-refractivity contribution in [2.45, 2.75) is 20.8 Å². The number of hydrogen-bond donors (Lipinski definition) is 1. The molecule has 0 spiro atoms. The van der Waals surface area contributed by atoms with Crippen LogP contribution >= 0.6 is 11.3 Å². The van der Waals surface area contributed by atoms with E-state index >= 15 is 0 Å². The Morgan fingerprint density at radius 2 is 2.00 bits per heavy atom. The molecule has 0 radical (unpaired) electrons. The van der Waals surface area contributed by atoms with E-state index in [4.69, 9.17) is 0 Å². The van der Waals surface area contributed by atoms with Crippen LogP contribution in [0.1, 0.15) is 16.1 Å². The highest BCUT2D eigenvalue weighted by atomic mass is 32.1. The fourth-order valence-corrected chi connectivity index (χ4v) is 2.49. The first-order valence-electron chi connectivity index (χ1n) is 3.88. The van der Waals surface area contributed by atoms with Crippen LogP contribution in [0.4, 0.5) is 0 Å². The van der Waals surface area contributed by atoms with Gasteiger partial charge in [-0.25, -0.2) is 0 Å². The maximum atomic E-state index is 9.66. The van der Waals surface area contributed by atoms with Gasteiger partial charge >= 0.3 is 0 Å². The Morgan fingerprint density at radius 1 is 1.33 bits per heavy atom. The van der Waals surface area contributed by atoms with Crippen LogP contribution in [0.5, 0.6) is 5.88 Å². The van der Waals surface area contributed by atoms with E-state index in [1.807, 2.05) is 24.3 Å². The zero-order valence-corrected chi connectivity index (χ0v) is 8.20. The molecule has 0 amide bonds. The summed E-state index contributed by atoms with van der Waals surface area (Å²) in [7, 11) is 0. The minimum atomic E-state index is 0.381. The Labute approximate surface area is 75.1 Å². The number of rotatable bonds is 0. The van der Waals surface area contributed by atoms with Crippen LogP contribution in [-0.4, -0.2) is 9.51 Å². The van der Waals surface area contributed by atoms with Crippen molar-refractivity contribution < 1.29 is 5.11 Å². The zero-order chi connectivity index (χ0) is 8.88. The quantitative estimate of drug-likeness (QED) is 0.664. The van der Waals surface area contributed by atoms with Gasteiger partial charge in [0.1, 0.15) is 4.83 Å². The van der Waals surface area contributed by atoms with Gasteiger partial charge in [-0.15, -0.1) is 11.3 Å². The third-order valence-corrected chi connectivity index (χ3v) is 3.34. The molecule has 2 aromatic rings. The summed E-state index contributed by atoms with van der Waals surface area (Å²) in [6.07, 6.45) is 0. The minimum absolute atomic E-state index is 0.381. The molecule has 0 saturated heterocycles. The number of fused-ring (bicyclic) bond motifs is 1. The Balaban J connectivity index is 2.94. The van der Waals surface area contributed by atoms with Gasteiger partial charge in [0.05, 0.1) is 0 Å². The van der Waals surface area contributed by atoms with Crippen LogP contribution in [0.25, 0.3) is 4.83 Å². The van der Waals surface area contributed by atoms with Crippen LogP contribution in [-0.2, 0) is 0 Å². The molecule has 0 unspecified atom stereocenters. The number of aromatic hydroxyl groups is 1. The monoisotopic (exact) mass is 181 g/mol. The third kappa shape index (κ3) is 0.799. The topological polar surface area (TPSA) is 24.6 Å². The molecule has 1 N–H and O–H groups in total. The van der Waals surface area contributed by atoms with E-state index in [0.29, 0.717) is 5.88 Å². The van der Waals surface area contributed by atoms with Gasteiger partial charge < -0.3 is 5.11 Å². The largest absolute Gasteiger partial charge is 0.494 e. The van der Waals surface area contributed by atoms with Gasteiger partial charge in [-0.1, -0.05) is 0 Å². The van der Waals surface area contributed by atoms with Crippen molar-refractivity contribution in [3.63, 3.8) is 0 Å². The molecule has 0 aliphatic carbocycles. The summed E-state index contributed by atoms with van der Waals surface area (Å²) < 4.78 is 1.90. The molecule has 64 valence electrons. The SMILES string of the molecule is Cc1cc2sc(C)c(C)n2c1O. The first kappa shape index (κ1) is 7.68. The van der Waals surface area contributed by atoms with Crippen LogP contribution in [0.2, 0.25) is 0 Å². The Hall–Kier alpha value is -0.960. The lowest BCUT2D eigenvalue weighted by Crippen LogP contribution is -1.83. The fraction of sp³-hybridized carbons (Fsp3) is 0.333. The summed E-state index contributed by atoms with van der Waals surface area (Å²) in [6, 6.07) is 2.01. The number of nitrogens with zero attached hydrogens (tertiary/aromatic N) is 1. The standard InChI is InChI=1S/C9H11NOS/c1-5-4-8-10(9(5)11)6(2)7(3)12-8/h4,11H,1-3H3. The summed E-state index contributed by atoms with van der Waals surface area (Å²) in [5, 5.41) is 9.66. The molecule has 0 aliphatic heterocycles. The van der Waals surface area contributed by atoms with E-state index in [-0.39, 0.29) is 0 Å². The highest BCUT2D eigenvalue weighted by molar-refractivity contribution is 7.17. The Bertz CT molecular complexity index is 401. The average Bonchev–Trinajstić information content (AvgIpc) is 2.40. The van der Waals surface area contributed by atoms with Crippen molar-refractivity contribution in [3.05, 3.63) is 22.2 Å². The average molecular weight is 181 g/mol. The van der Waals surface area contributed by atoms with E-state index < -0.39 is 0 Å². The van der Waals surface area contributed by atoms with Crippen LogP contribution < -0.4 is 0 Å². The molecule has 0 atom stereocenters. The molecular weight excluding hydrogens is 170 g/mol. The second-order valence-corrected chi connectivity index (χ2v) is 4.30. The number of aryl methyl sites for hydroxylation is 3. The van der Waals surface area contributed by atoms with Gasteiger partial charge in [-0.3, -0.25) is 4.40 Å². The van der Waals surface area contributed by atoms with E-state index in [2.05, 4.69) is 6.92 Å². The van der Waals surface area contributed by atoms with E-state index in [1.165, 1.54) is 4.88 Å². The smallest absolute Gasteiger partial charge is 0.199 e. The molecule has 0 aliphatic rings. The summed E-state index contributed by atoms with van der Waals surface area (Å²) in [6.45, 7) is 6.02. The van der Waals surface area contributed by atoms with Crippen molar-refractivity contribution in [2.75, 3.05) is 0 Å². The molecule has 2 rings (SSSR count). The van der Waals surface area contributed by atoms with Gasteiger partial charge in [0, 0.05) is 16.1 Å². The van der Waals surface area contributed by atoms with Gasteiger partial charge in [-0.05, 0) is 26.8 Å². The van der Waals surface area contributed by atoms with E-state index in [1.54, 1.807) is 11.3 Å². The predicted molar refractivity (Wildman–Crippen MR) is 51.1 cm³/mol. The molecule has 2 nitrogen and oxygen atoms in total. The molecule has 3 heteroatoms. The molecule has 12 heavy (non-hydrogen) atoms. The first-order valence-corrected chi connectivity index (χ1v) is 4.70. The second-order valence-electron chi connectivity index (χ2n) is 3.07. The highest BCUT2D eigenvalue weighted by Crippen LogP contribution is 2.30. The second kappa shape index (κ2) is 2.26. The highest BCUT2D eigenvalue weighted by Gasteiger charge is 2.10. The van der Waals surface area contributed by atoms with E-state index in [0.717, 1.165) is 16.1 Å². The summed E-state index contributed by atoms with van der Waals surface area (Å²) >= 11 is 1.72. The maximum Gasteiger partial charge on any atom is 0.199 e. The lowest BCUT2D eigenvalue weighted by molar-refractivity contribution is 0.444.